The molecule has 0 bridgehead atoms. The van der Waals surface area contributed by atoms with Crippen molar-refractivity contribution in [3.63, 3.8) is 0 Å². The van der Waals surface area contributed by atoms with E-state index in [9.17, 15) is 17.6 Å². The molecule has 5 nitrogen and oxygen atoms in total. The van der Waals surface area contributed by atoms with Crippen molar-refractivity contribution in [3.05, 3.63) is 30.1 Å². The summed E-state index contributed by atoms with van der Waals surface area (Å²) in [6.45, 7) is 1.27. The number of sulfonamides is 1. The normalized spacial score (nSPS) is 13.1. The summed E-state index contributed by atoms with van der Waals surface area (Å²) in [7, 11) is -3.87. The van der Waals surface area contributed by atoms with Gasteiger partial charge in [0.25, 0.3) is 0 Å². The van der Waals surface area contributed by atoms with Crippen molar-refractivity contribution >= 4 is 21.7 Å². The average Bonchev–Trinajstić information content (AvgIpc) is 2.20. The molecule has 1 unspecified atom stereocenters. The zero-order valence-corrected chi connectivity index (χ0v) is 9.87. The summed E-state index contributed by atoms with van der Waals surface area (Å²) in [6, 6.07) is 5.27. The van der Waals surface area contributed by atoms with Gasteiger partial charge in [-0.25, -0.2) is 12.8 Å². The Balaban J connectivity index is 2.81. The zero-order chi connectivity index (χ0) is 13.1. The van der Waals surface area contributed by atoms with E-state index in [4.69, 9.17) is 5.11 Å². The number of aliphatic carboxylic acids is 1. The second-order valence-electron chi connectivity index (χ2n) is 3.60. The van der Waals surface area contributed by atoms with Gasteiger partial charge >= 0.3 is 5.97 Å². The van der Waals surface area contributed by atoms with Crippen LogP contribution in [-0.2, 0) is 14.8 Å². The Bertz CT molecular complexity index is 515. The third kappa shape index (κ3) is 4.03. The minimum Gasteiger partial charge on any atom is -0.481 e. The van der Waals surface area contributed by atoms with E-state index in [1.807, 2.05) is 4.72 Å². The molecule has 1 atom stereocenters. The number of carboxylic acids is 1. The molecular weight excluding hydrogens is 249 g/mol. The Morgan fingerprint density at radius 2 is 2.06 bits per heavy atom. The van der Waals surface area contributed by atoms with Gasteiger partial charge in [0.1, 0.15) is 5.82 Å². The van der Waals surface area contributed by atoms with Gasteiger partial charge in [-0.2, -0.15) is 0 Å². The van der Waals surface area contributed by atoms with E-state index in [1.165, 1.54) is 25.1 Å². The van der Waals surface area contributed by atoms with E-state index in [1.54, 1.807) is 0 Å². The lowest BCUT2D eigenvalue weighted by molar-refractivity contribution is -0.140. The number of halogens is 1. The van der Waals surface area contributed by atoms with Crippen LogP contribution in [0.25, 0.3) is 0 Å². The van der Waals surface area contributed by atoms with Gasteiger partial charge in [-0.05, 0) is 12.1 Å². The summed E-state index contributed by atoms with van der Waals surface area (Å²) in [5.41, 5.74) is -0.190. The molecule has 7 heteroatoms. The number of hydrogen-bond acceptors (Lipinski definition) is 3. The molecule has 0 radical (unpaired) electrons. The minimum atomic E-state index is -3.87. The van der Waals surface area contributed by atoms with Crippen molar-refractivity contribution in [3.8, 4) is 0 Å². The number of nitrogens with one attached hydrogen (secondary N) is 1. The van der Waals surface area contributed by atoms with E-state index in [0.717, 1.165) is 6.07 Å². The molecule has 2 N–H and O–H groups in total. The lowest BCUT2D eigenvalue weighted by Gasteiger charge is -2.10. The topological polar surface area (TPSA) is 83.5 Å². The Hall–Kier alpha value is -1.63. The summed E-state index contributed by atoms with van der Waals surface area (Å²) in [5, 5.41) is 8.60. The molecule has 0 spiro atoms. The fourth-order valence-electron chi connectivity index (χ4n) is 1.15. The molecule has 0 aliphatic rings. The minimum absolute atomic E-state index is 0.190. The lowest BCUT2D eigenvalue weighted by atomic mass is 10.2. The number of benzene rings is 1. The summed E-state index contributed by atoms with van der Waals surface area (Å²) in [6.07, 6.45) is 0. The van der Waals surface area contributed by atoms with Crippen molar-refractivity contribution in [1.82, 2.24) is 0 Å². The van der Waals surface area contributed by atoms with Crippen LogP contribution in [0.4, 0.5) is 10.1 Å². The van der Waals surface area contributed by atoms with Crippen molar-refractivity contribution in [2.45, 2.75) is 6.92 Å². The molecule has 94 valence electrons. The van der Waals surface area contributed by atoms with E-state index in [0.29, 0.717) is 0 Å². The van der Waals surface area contributed by atoms with Crippen molar-refractivity contribution in [2.75, 3.05) is 10.5 Å². The van der Waals surface area contributed by atoms with Crippen LogP contribution in [0.3, 0.4) is 0 Å². The molecule has 0 saturated heterocycles. The molecule has 0 fully saturated rings. The standard InChI is InChI=1S/C10H12FNO4S/c1-7(10(13)14)6-17(15,16)12-9-5-3-2-4-8(9)11/h2-5,7,12H,6H2,1H3,(H,13,14). The zero-order valence-electron chi connectivity index (χ0n) is 9.05. The van der Waals surface area contributed by atoms with Crippen LogP contribution < -0.4 is 4.72 Å². The molecule has 17 heavy (non-hydrogen) atoms. The molecule has 1 rings (SSSR count). The van der Waals surface area contributed by atoms with Crippen molar-refractivity contribution < 1.29 is 22.7 Å². The van der Waals surface area contributed by atoms with E-state index in [-0.39, 0.29) is 5.69 Å². The van der Waals surface area contributed by atoms with Crippen LogP contribution in [0.1, 0.15) is 6.92 Å². The van der Waals surface area contributed by atoms with Crippen molar-refractivity contribution in [2.24, 2.45) is 5.92 Å². The van der Waals surface area contributed by atoms with Crippen LogP contribution in [-0.4, -0.2) is 25.2 Å². The predicted octanol–water partition coefficient (Wildman–Crippen LogP) is 1.29. The summed E-state index contributed by atoms with van der Waals surface area (Å²) >= 11 is 0. The highest BCUT2D eigenvalue weighted by Gasteiger charge is 2.21. The maximum Gasteiger partial charge on any atom is 0.307 e. The smallest absolute Gasteiger partial charge is 0.307 e. The van der Waals surface area contributed by atoms with Crippen LogP contribution in [0.5, 0.6) is 0 Å². The quantitative estimate of drug-likeness (QED) is 0.836. The van der Waals surface area contributed by atoms with Crippen LogP contribution >= 0.6 is 0 Å². The summed E-state index contributed by atoms with van der Waals surface area (Å²) in [4.78, 5) is 10.5. The highest BCUT2D eigenvalue weighted by Crippen LogP contribution is 2.15. The van der Waals surface area contributed by atoms with Gasteiger partial charge in [0, 0.05) is 0 Å². The van der Waals surface area contributed by atoms with Gasteiger partial charge in [-0.1, -0.05) is 19.1 Å². The molecule has 1 aromatic rings. The first-order valence-corrected chi connectivity index (χ1v) is 6.45. The molecular formula is C10H12FNO4S. The van der Waals surface area contributed by atoms with Crippen LogP contribution in [0.15, 0.2) is 24.3 Å². The third-order valence-corrected chi connectivity index (χ3v) is 3.50. The largest absolute Gasteiger partial charge is 0.481 e. The second-order valence-corrected chi connectivity index (χ2v) is 5.37. The van der Waals surface area contributed by atoms with Crippen LogP contribution in [0.2, 0.25) is 0 Å². The number of carbonyl (C=O) groups is 1. The number of anilines is 1. The highest BCUT2D eigenvalue weighted by molar-refractivity contribution is 7.92. The van der Waals surface area contributed by atoms with E-state index >= 15 is 0 Å². The number of rotatable bonds is 5. The Labute approximate surface area is 98.3 Å². The molecule has 1 aromatic carbocycles. The van der Waals surface area contributed by atoms with Crippen LogP contribution in [0, 0.1) is 11.7 Å². The van der Waals surface area contributed by atoms with Crippen molar-refractivity contribution in [1.29, 1.82) is 0 Å². The fourth-order valence-corrected chi connectivity index (χ4v) is 2.54. The highest BCUT2D eigenvalue weighted by atomic mass is 32.2. The fraction of sp³-hybridized carbons (Fsp3) is 0.300. The molecule has 0 aromatic heterocycles. The number of carboxylic acid groups (broad SMARTS) is 1. The van der Waals surface area contributed by atoms with Gasteiger partial charge < -0.3 is 5.11 Å². The van der Waals surface area contributed by atoms with Gasteiger partial charge in [0.2, 0.25) is 10.0 Å². The summed E-state index contributed by atoms with van der Waals surface area (Å²) in [5.74, 6) is -3.58. The Kier molecular flexibility index (Phi) is 4.06. The lowest BCUT2D eigenvalue weighted by Crippen LogP contribution is -2.26. The predicted molar refractivity (Wildman–Crippen MR) is 60.6 cm³/mol. The maximum absolute atomic E-state index is 13.2. The molecule has 0 aliphatic heterocycles. The average molecular weight is 261 g/mol. The second kappa shape index (κ2) is 5.13. The Morgan fingerprint density at radius 1 is 1.47 bits per heavy atom. The summed E-state index contributed by atoms with van der Waals surface area (Å²) < 4.78 is 38.2. The van der Waals surface area contributed by atoms with Gasteiger partial charge in [0.05, 0.1) is 17.4 Å². The van der Waals surface area contributed by atoms with Gasteiger partial charge in [-0.3, -0.25) is 9.52 Å². The van der Waals surface area contributed by atoms with E-state index < -0.39 is 33.5 Å². The maximum atomic E-state index is 13.2. The van der Waals surface area contributed by atoms with E-state index in [2.05, 4.69) is 0 Å². The first kappa shape index (κ1) is 13.4. The first-order chi connectivity index (χ1) is 7.82. The number of hydrogen-bond donors (Lipinski definition) is 2. The molecule has 0 aliphatic carbocycles. The molecule has 0 amide bonds. The SMILES string of the molecule is CC(CS(=O)(=O)Nc1ccccc1F)C(=O)O. The Morgan fingerprint density at radius 3 is 2.59 bits per heavy atom. The van der Waals surface area contributed by atoms with Gasteiger partial charge in [-0.15, -0.1) is 0 Å². The number of para-hydroxylation sites is 1. The first-order valence-electron chi connectivity index (χ1n) is 4.79. The molecule has 0 heterocycles. The monoisotopic (exact) mass is 261 g/mol. The van der Waals surface area contributed by atoms with Gasteiger partial charge in [0.15, 0.2) is 0 Å². The molecule has 0 saturated carbocycles. The third-order valence-electron chi connectivity index (χ3n) is 2.03.